The topological polar surface area (TPSA) is 131 Å². The third-order valence-corrected chi connectivity index (χ3v) is 8.07. The second kappa shape index (κ2) is 13.2. The third-order valence-electron chi connectivity index (χ3n) is 5.76. The molecule has 1 aromatic carbocycles. The lowest BCUT2D eigenvalue weighted by molar-refractivity contribution is -0.137. The number of aliphatic carboxylic acids is 1. The van der Waals surface area contributed by atoms with Crippen LogP contribution in [0.3, 0.4) is 0 Å². The molecule has 8 nitrogen and oxygen atoms in total. The van der Waals surface area contributed by atoms with Gasteiger partial charge >= 0.3 is 5.97 Å². The molecule has 3 rings (SSSR count). The van der Waals surface area contributed by atoms with Crippen molar-refractivity contribution >= 4 is 56.3 Å². The molecule has 1 aromatic heterocycles. The van der Waals surface area contributed by atoms with Crippen LogP contribution in [0.25, 0.3) is 17.4 Å². The summed E-state index contributed by atoms with van der Waals surface area (Å²) in [7, 11) is -3.76. The number of sulfonamides is 1. The van der Waals surface area contributed by atoms with Gasteiger partial charge < -0.3 is 9.52 Å². The largest absolute Gasteiger partial charge is 0.481 e. The molecule has 0 aliphatic carbocycles. The predicted molar refractivity (Wildman–Crippen MR) is 145 cm³/mol. The highest BCUT2D eigenvalue weighted by atomic mass is 32.2. The first kappa shape index (κ1) is 28.1. The monoisotopic (exact) mass is 550 g/mol. The lowest BCUT2D eigenvalue weighted by atomic mass is 10.1. The van der Waals surface area contributed by atoms with Gasteiger partial charge in [0.2, 0.25) is 10.0 Å². The minimum absolute atomic E-state index is 0.0229. The Morgan fingerprint density at radius 2 is 1.61 bits per heavy atom. The van der Waals surface area contributed by atoms with Gasteiger partial charge in [-0.2, -0.15) is 0 Å². The number of thioether (sulfide) groups is 1. The number of nitrogens with zero attached hydrogens (tertiary/aromatic N) is 1. The first-order valence-electron chi connectivity index (χ1n) is 11.9. The SMILES string of the molecule is NS(=O)(=O)c1ccc(-c2ccc(C=C3SC(=S)N(CCCCCCCCCCC(=O)O)C3=O)o2)cc1. The Labute approximate surface area is 221 Å². The number of carboxylic acids is 1. The predicted octanol–water partition coefficient (Wildman–Crippen LogP) is 5.39. The quantitative estimate of drug-likeness (QED) is 0.182. The summed E-state index contributed by atoms with van der Waals surface area (Å²) in [5.41, 5.74) is 0.690. The molecular weight excluding hydrogens is 520 g/mol. The number of benzene rings is 1. The van der Waals surface area contributed by atoms with Crippen LogP contribution in [0.1, 0.15) is 63.5 Å². The van der Waals surface area contributed by atoms with Crippen LogP contribution in [0.15, 0.2) is 50.6 Å². The van der Waals surface area contributed by atoms with Gasteiger partial charge in [0.1, 0.15) is 15.8 Å². The third kappa shape index (κ3) is 8.29. The molecule has 1 amide bonds. The molecule has 1 fully saturated rings. The van der Waals surface area contributed by atoms with Crippen LogP contribution in [0.5, 0.6) is 0 Å². The molecule has 0 bridgehead atoms. The maximum atomic E-state index is 12.8. The molecule has 0 atom stereocenters. The molecule has 1 aliphatic rings. The van der Waals surface area contributed by atoms with Gasteiger partial charge in [-0.3, -0.25) is 14.5 Å². The van der Waals surface area contributed by atoms with Gasteiger partial charge in [0.25, 0.3) is 5.91 Å². The fraction of sp³-hybridized carbons (Fsp3) is 0.400. The summed E-state index contributed by atoms with van der Waals surface area (Å²) in [5.74, 6) is 0.187. The zero-order valence-corrected chi connectivity index (χ0v) is 22.3. The van der Waals surface area contributed by atoms with Crippen molar-refractivity contribution in [1.29, 1.82) is 0 Å². The standard InChI is InChI=1S/C25H30N2O6S3/c26-36(31,32)20-13-10-18(11-14-20)21-15-12-19(33-21)17-22-24(30)27(25(34)35-22)16-8-6-4-2-1-3-5-7-9-23(28)29/h10-15,17H,1-9,16H2,(H,28,29)(H2,26,31,32). The molecule has 0 unspecified atom stereocenters. The Bertz CT molecular complexity index is 1220. The summed E-state index contributed by atoms with van der Waals surface area (Å²) in [6.45, 7) is 0.584. The number of carboxylic acid groups (broad SMARTS) is 1. The van der Waals surface area contributed by atoms with Crippen LogP contribution in [-0.4, -0.2) is 41.2 Å². The summed E-state index contributed by atoms with van der Waals surface area (Å²) in [5, 5.41) is 13.8. The molecular formula is C25H30N2O6S3. The minimum atomic E-state index is -3.76. The Morgan fingerprint density at radius 1 is 1.00 bits per heavy atom. The maximum absolute atomic E-state index is 12.8. The van der Waals surface area contributed by atoms with Crippen molar-refractivity contribution in [3.63, 3.8) is 0 Å². The van der Waals surface area contributed by atoms with E-state index in [-0.39, 0.29) is 17.2 Å². The van der Waals surface area contributed by atoms with Crippen molar-refractivity contribution in [3.8, 4) is 11.3 Å². The van der Waals surface area contributed by atoms with E-state index in [1.54, 1.807) is 35.2 Å². The minimum Gasteiger partial charge on any atom is -0.481 e. The Morgan fingerprint density at radius 3 is 2.22 bits per heavy atom. The van der Waals surface area contributed by atoms with E-state index < -0.39 is 16.0 Å². The first-order chi connectivity index (χ1) is 17.1. The van der Waals surface area contributed by atoms with Crippen LogP contribution in [0, 0.1) is 0 Å². The van der Waals surface area contributed by atoms with Gasteiger partial charge in [-0.1, -0.05) is 62.5 Å². The van der Waals surface area contributed by atoms with E-state index in [9.17, 15) is 18.0 Å². The first-order valence-corrected chi connectivity index (χ1v) is 14.6. The van der Waals surface area contributed by atoms with Gasteiger partial charge in [0.05, 0.1) is 9.80 Å². The normalized spacial score (nSPS) is 15.2. The fourth-order valence-electron chi connectivity index (χ4n) is 3.82. The number of furan rings is 1. The van der Waals surface area contributed by atoms with Crippen LogP contribution in [0.4, 0.5) is 0 Å². The number of carbonyl (C=O) groups is 2. The molecule has 0 saturated carbocycles. The van der Waals surface area contributed by atoms with Gasteiger partial charge in [0, 0.05) is 24.6 Å². The zero-order chi connectivity index (χ0) is 26.1. The van der Waals surface area contributed by atoms with Crippen LogP contribution in [0.2, 0.25) is 0 Å². The Kier molecular flexibility index (Phi) is 10.3. The zero-order valence-electron chi connectivity index (χ0n) is 19.9. The van der Waals surface area contributed by atoms with Gasteiger partial charge in [-0.25, -0.2) is 13.6 Å². The van der Waals surface area contributed by atoms with E-state index in [1.807, 2.05) is 0 Å². The molecule has 194 valence electrons. The van der Waals surface area contributed by atoms with Crippen LogP contribution < -0.4 is 5.14 Å². The smallest absolute Gasteiger partial charge is 0.303 e. The number of rotatable bonds is 14. The summed E-state index contributed by atoms with van der Waals surface area (Å²) >= 11 is 6.66. The highest BCUT2D eigenvalue weighted by Gasteiger charge is 2.31. The molecule has 1 aliphatic heterocycles. The van der Waals surface area contributed by atoms with Gasteiger partial charge in [-0.05, 0) is 49.2 Å². The van der Waals surface area contributed by atoms with E-state index >= 15 is 0 Å². The van der Waals surface area contributed by atoms with Crippen molar-refractivity contribution in [3.05, 3.63) is 47.1 Å². The second-order valence-electron chi connectivity index (χ2n) is 8.58. The lowest BCUT2D eigenvalue weighted by Gasteiger charge is -2.14. The summed E-state index contributed by atoms with van der Waals surface area (Å²) in [4.78, 5) is 25.5. The molecule has 1 saturated heterocycles. The number of amides is 1. The molecule has 36 heavy (non-hydrogen) atoms. The number of thiocarbonyl (C=S) groups is 1. The average molecular weight is 551 g/mol. The van der Waals surface area contributed by atoms with Crippen molar-refractivity contribution < 1.29 is 27.5 Å². The number of unbranched alkanes of at least 4 members (excludes halogenated alkanes) is 7. The lowest BCUT2D eigenvalue weighted by Crippen LogP contribution is -2.28. The number of hydrogen-bond acceptors (Lipinski definition) is 7. The van der Waals surface area contributed by atoms with Crippen LogP contribution >= 0.6 is 24.0 Å². The summed E-state index contributed by atoms with van der Waals surface area (Å²) in [6, 6.07) is 9.56. The highest BCUT2D eigenvalue weighted by Crippen LogP contribution is 2.34. The van der Waals surface area contributed by atoms with E-state index in [4.69, 9.17) is 26.9 Å². The second-order valence-corrected chi connectivity index (χ2v) is 11.8. The average Bonchev–Trinajstić information content (AvgIpc) is 3.39. The van der Waals surface area contributed by atoms with Gasteiger partial charge in [-0.15, -0.1) is 0 Å². The molecule has 2 heterocycles. The summed E-state index contributed by atoms with van der Waals surface area (Å²) < 4.78 is 29.2. The molecule has 3 N–H and O–H groups in total. The molecule has 11 heteroatoms. The van der Waals surface area contributed by atoms with Crippen molar-refractivity contribution in [2.75, 3.05) is 6.54 Å². The highest BCUT2D eigenvalue weighted by molar-refractivity contribution is 8.26. The van der Waals surface area contributed by atoms with Crippen molar-refractivity contribution in [2.24, 2.45) is 5.14 Å². The Balaban J connectivity index is 1.45. The maximum Gasteiger partial charge on any atom is 0.303 e. The van der Waals surface area contributed by atoms with Gasteiger partial charge in [0.15, 0.2) is 0 Å². The van der Waals surface area contributed by atoms with E-state index in [0.29, 0.717) is 32.9 Å². The van der Waals surface area contributed by atoms with Crippen LogP contribution in [-0.2, 0) is 19.6 Å². The Hall–Kier alpha value is -2.47. The van der Waals surface area contributed by atoms with Crippen molar-refractivity contribution in [2.45, 2.75) is 62.7 Å². The van der Waals surface area contributed by atoms with E-state index in [1.165, 1.54) is 23.9 Å². The number of hydrogen-bond donors (Lipinski definition) is 2. The summed E-state index contributed by atoms with van der Waals surface area (Å²) in [6.07, 6.45) is 9.85. The molecule has 0 spiro atoms. The number of carbonyl (C=O) groups excluding carboxylic acids is 1. The fourth-order valence-corrected chi connectivity index (χ4v) is 5.63. The number of nitrogens with two attached hydrogens (primary N) is 1. The van der Waals surface area contributed by atoms with E-state index in [0.717, 1.165) is 51.4 Å². The molecule has 2 aromatic rings. The van der Waals surface area contributed by atoms with E-state index in [2.05, 4.69) is 0 Å². The number of primary sulfonamides is 1. The van der Waals surface area contributed by atoms with Crippen molar-refractivity contribution in [1.82, 2.24) is 4.90 Å². The molecule has 0 radical (unpaired) electrons.